The molecule has 1 aliphatic rings. The van der Waals surface area contributed by atoms with Crippen LogP contribution in [0.5, 0.6) is 0 Å². The van der Waals surface area contributed by atoms with Gasteiger partial charge in [-0.3, -0.25) is 13.9 Å². The highest BCUT2D eigenvalue weighted by Gasteiger charge is 2.31. The number of amides is 2. The van der Waals surface area contributed by atoms with Crippen molar-refractivity contribution in [2.45, 2.75) is 51.2 Å². The lowest BCUT2D eigenvalue weighted by molar-refractivity contribution is -0.139. The summed E-state index contributed by atoms with van der Waals surface area (Å²) in [6, 6.07) is 13.1. The molecule has 184 valence electrons. The molecule has 7 nitrogen and oxygen atoms in total. The number of anilines is 1. The Morgan fingerprint density at radius 3 is 2.44 bits per heavy atom. The molecule has 34 heavy (non-hydrogen) atoms. The van der Waals surface area contributed by atoms with E-state index in [0.29, 0.717) is 15.2 Å². The second kappa shape index (κ2) is 11.6. The van der Waals surface area contributed by atoms with Gasteiger partial charge in [0.2, 0.25) is 21.8 Å². The number of hydrogen-bond donors (Lipinski definition) is 1. The van der Waals surface area contributed by atoms with Gasteiger partial charge in [0.05, 0.1) is 11.9 Å². The zero-order valence-corrected chi connectivity index (χ0v) is 22.4. The number of sulfonamides is 1. The van der Waals surface area contributed by atoms with E-state index in [0.717, 1.165) is 41.8 Å². The Balaban J connectivity index is 1.88. The second-order valence-electron chi connectivity index (χ2n) is 8.57. The van der Waals surface area contributed by atoms with Gasteiger partial charge in [-0.1, -0.05) is 58.6 Å². The Morgan fingerprint density at radius 1 is 1.15 bits per heavy atom. The van der Waals surface area contributed by atoms with Gasteiger partial charge in [-0.2, -0.15) is 0 Å². The molecule has 0 unspecified atom stereocenters. The van der Waals surface area contributed by atoms with Crippen LogP contribution < -0.4 is 9.62 Å². The van der Waals surface area contributed by atoms with E-state index in [2.05, 4.69) is 21.2 Å². The number of carbonyl (C=O) groups excluding carboxylic acids is 2. The summed E-state index contributed by atoms with van der Waals surface area (Å²) in [6.07, 6.45) is 5.04. The fourth-order valence-corrected chi connectivity index (χ4v) is 5.49. The molecule has 10 heteroatoms. The van der Waals surface area contributed by atoms with E-state index in [-0.39, 0.29) is 18.5 Å². The standard InChI is InChI=1S/C24H29BrClN3O4S/c1-17(24(31)27-21-10-3-4-11-21)28(15-18-7-5-9-20(26)13-18)23(30)16-29(34(2,32)33)22-12-6-8-19(25)14-22/h5-9,12-14,17,21H,3-4,10-11,15-16H2,1-2H3,(H,27,31)/t17-/m0/s1. The molecule has 1 aliphatic carbocycles. The summed E-state index contributed by atoms with van der Waals surface area (Å²) in [6.45, 7) is 1.35. The smallest absolute Gasteiger partial charge is 0.244 e. The predicted octanol–water partition coefficient (Wildman–Crippen LogP) is 4.34. The fourth-order valence-electron chi connectivity index (χ4n) is 4.05. The predicted molar refractivity (Wildman–Crippen MR) is 138 cm³/mol. The normalized spacial score (nSPS) is 15.1. The van der Waals surface area contributed by atoms with Crippen molar-refractivity contribution >= 4 is 55.1 Å². The van der Waals surface area contributed by atoms with E-state index in [1.54, 1.807) is 49.4 Å². The summed E-state index contributed by atoms with van der Waals surface area (Å²) in [5, 5.41) is 3.55. The molecule has 0 saturated heterocycles. The number of benzene rings is 2. The van der Waals surface area contributed by atoms with E-state index < -0.39 is 28.5 Å². The molecule has 0 heterocycles. The third-order valence-electron chi connectivity index (χ3n) is 5.89. The van der Waals surface area contributed by atoms with Crippen molar-refractivity contribution in [1.82, 2.24) is 10.2 Å². The highest BCUT2D eigenvalue weighted by atomic mass is 79.9. The maximum Gasteiger partial charge on any atom is 0.244 e. The number of nitrogens with one attached hydrogen (secondary N) is 1. The van der Waals surface area contributed by atoms with Gasteiger partial charge in [0.1, 0.15) is 12.6 Å². The fraction of sp³-hybridized carbons (Fsp3) is 0.417. The summed E-state index contributed by atoms with van der Waals surface area (Å²) < 4.78 is 26.9. The molecule has 0 radical (unpaired) electrons. The van der Waals surface area contributed by atoms with Gasteiger partial charge in [-0.15, -0.1) is 0 Å². The lowest BCUT2D eigenvalue weighted by atomic mass is 10.1. The largest absolute Gasteiger partial charge is 0.352 e. The van der Waals surface area contributed by atoms with E-state index in [9.17, 15) is 18.0 Å². The highest BCUT2D eigenvalue weighted by molar-refractivity contribution is 9.10. The third-order valence-corrected chi connectivity index (χ3v) is 7.76. The second-order valence-corrected chi connectivity index (χ2v) is 11.8. The topological polar surface area (TPSA) is 86.8 Å². The maximum atomic E-state index is 13.5. The summed E-state index contributed by atoms with van der Waals surface area (Å²) in [5.41, 5.74) is 1.10. The maximum absolute atomic E-state index is 13.5. The monoisotopic (exact) mass is 569 g/mol. The first-order chi connectivity index (χ1) is 16.0. The van der Waals surface area contributed by atoms with Crippen LogP contribution in [-0.2, 0) is 26.2 Å². The van der Waals surface area contributed by atoms with Crippen LogP contribution in [0.1, 0.15) is 38.2 Å². The Hall–Kier alpha value is -2.10. The van der Waals surface area contributed by atoms with E-state index in [1.807, 2.05) is 6.07 Å². The van der Waals surface area contributed by atoms with Crippen molar-refractivity contribution in [3.05, 3.63) is 63.6 Å². The summed E-state index contributed by atoms with van der Waals surface area (Å²) >= 11 is 9.47. The number of rotatable bonds is 9. The molecule has 1 fully saturated rings. The van der Waals surface area contributed by atoms with Crippen LogP contribution in [0.25, 0.3) is 0 Å². The van der Waals surface area contributed by atoms with Gasteiger partial charge in [0, 0.05) is 22.1 Å². The van der Waals surface area contributed by atoms with Crippen LogP contribution in [0, 0.1) is 0 Å². The molecule has 2 amide bonds. The minimum Gasteiger partial charge on any atom is -0.352 e. The van der Waals surface area contributed by atoms with Crippen molar-refractivity contribution in [3.8, 4) is 0 Å². The summed E-state index contributed by atoms with van der Waals surface area (Å²) in [5.74, 6) is -0.741. The molecule has 1 saturated carbocycles. The third kappa shape index (κ3) is 7.20. The minimum atomic E-state index is -3.76. The van der Waals surface area contributed by atoms with Gasteiger partial charge in [-0.05, 0) is 55.7 Å². The van der Waals surface area contributed by atoms with E-state index in [1.165, 1.54) is 4.90 Å². The van der Waals surface area contributed by atoms with Crippen molar-refractivity contribution in [1.29, 1.82) is 0 Å². The number of nitrogens with zero attached hydrogens (tertiary/aromatic N) is 2. The van der Waals surface area contributed by atoms with Crippen molar-refractivity contribution in [3.63, 3.8) is 0 Å². The SMILES string of the molecule is C[C@@H](C(=O)NC1CCCC1)N(Cc1cccc(Cl)c1)C(=O)CN(c1cccc(Br)c1)S(C)(=O)=O. The van der Waals surface area contributed by atoms with Crippen LogP contribution >= 0.6 is 27.5 Å². The van der Waals surface area contributed by atoms with Crippen molar-refractivity contribution in [2.24, 2.45) is 0 Å². The van der Waals surface area contributed by atoms with Crippen LogP contribution in [0.15, 0.2) is 53.0 Å². The average molecular weight is 571 g/mol. The minimum absolute atomic E-state index is 0.104. The highest BCUT2D eigenvalue weighted by Crippen LogP contribution is 2.23. The van der Waals surface area contributed by atoms with Crippen molar-refractivity contribution in [2.75, 3.05) is 17.1 Å². The molecule has 2 aromatic rings. The molecule has 1 atom stereocenters. The van der Waals surface area contributed by atoms with Crippen LogP contribution in [0.2, 0.25) is 5.02 Å². The molecular weight excluding hydrogens is 542 g/mol. The quantitative estimate of drug-likeness (QED) is 0.486. The zero-order valence-electron chi connectivity index (χ0n) is 19.2. The van der Waals surface area contributed by atoms with Gasteiger partial charge in [0.15, 0.2) is 0 Å². The molecular formula is C24H29BrClN3O4S. The average Bonchev–Trinajstić information content (AvgIpc) is 3.27. The van der Waals surface area contributed by atoms with E-state index >= 15 is 0 Å². The molecule has 0 aliphatic heterocycles. The first-order valence-corrected chi connectivity index (χ1v) is 14.1. The molecule has 3 rings (SSSR count). The molecule has 2 aromatic carbocycles. The Kier molecular flexibility index (Phi) is 9.01. The Labute approximate surface area is 214 Å². The lowest BCUT2D eigenvalue weighted by Crippen LogP contribution is -2.52. The molecule has 0 bridgehead atoms. The van der Waals surface area contributed by atoms with Gasteiger partial charge in [-0.25, -0.2) is 8.42 Å². The van der Waals surface area contributed by atoms with Crippen LogP contribution in [-0.4, -0.2) is 50.0 Å². The molecule has 0 aromatic heterocycles. The zero-order chi connectivity index (χ0) is 24.9. The first-order valence-electron chi connectivity index (χ1n) is 11.1. The van der Waals surface area contributed by atoms with Gasteiger partial charge in [0.25, 0.3) is 0 Å². The molecule has 0 spiro atoms. The van der Waals surface area contributed by atoms with Crippen LogP contribution in [0.3, 0.4) is 0 Å². The number of carbonyl (C=O) groups is 2. The summed E-state index contributed by atoms with van der Waals surface area (Å²) in [7, 11) is -3.76. The first kappa shape index (κ1) is 26.5. The number of hydrogen-bond acceptors (Lipinski definition) is 4. The summed E-state index contributed by atoms with van der Waals surface area (Å²) in [4.78, 5) is 28.0. The van der Waals surface area contributed by atoms with Crippen molar-refractivity contribution < 1.29 is 18.0 Å². The lowest BCUT2D eigenvalue weighted by Gasteiger charge is -2.32. The van der Waals surface area contributed by atoms with Gasteiger partial charge >= 0.3 is 0 Å². The number of halogens is 2. The van der Waals surface area contributed by atoms with E-state index in [4.69, 9.17) is 11.6 Å². The Morgan fingerprint density at radius 2 is 1.82 bits per heavy atom. The van der Waals surface area contributed by atoms with Crippen LogP contribution in [0.4, 0.5) is 5.69 Å². The van der Waals surface area contributed by atoms with Gasteiger partial charge < -0.3 is 10.2 Å². The molecule has 1 N–H and O–H groups in total. The Bertz CT molecular complexity index is 1140.